The average Bonchev–Trinajstić information content (AvgIpc) is 2.96. The largest absolute Gasteiger partial charge is 0.453 e. The van der Waals surface area contributed by atoms with E-state index in [4.69, 9.17) is 9.15 Å². The highest BCUT2D eigenvalue weighted by Crippen LogP contribution is 2.21. The van der Waals surface area contributed by atoms with Gasteiger partial charge >= 0.3 is 0 Å². The van der Waals surface area contributed by atoms with Crippen molar-refractivity contribution >= 4 is 28.5 Å². The highest BCUT2D eigenvalue weighted by atomic mass is 32.2. The van der Waals surface area contributed by atoms with Crippen LogP contribution in [0.1, 0.15) is 16.2 Å². The number of Topliss-reactive ketones (excluding diaryl/α,β-unsaturated/α-hetero) is 1. The van der Waals surface area contributed by atoms with Crippen LogP contribution in [0.15, 0.2) is 50.8 Å². The molecule has 0 aliphatic heterocycles. The fourth-order valence-corrected chi connectivity index (χ4v) is 2.86. The number of hydrogen-bond donors (Lipinski definition) is 1. The van der Waals surface area contributed by atoms with Crippen LogP contribution in [0, 0.1) is 0 Å². The Morgan fingerprint density at radius 2 is 2.17 bits per heavy atom. The van der Waals surface area contributed by atoms with E-state index in [0.29, 0.717) is 22.2 Å². The minimum atomic E-state index is -0.272. The summed E-state index contributed by atoms with van der Waals surface area (Å²) in [7, 11) is 1.53. The third-order valence-electron chi connectivity index (χ3n) is 3.11. The molecule has 0 bridgehead atoms. The number of nitrogens with zero attached hydrogens (tertiary/aromatic N) is 1. The van der Waals surface area contributed by atoms with Crippen molar-refractivity contribution in [2.45, 2.75) is 11.8 Å². The van der Waals surface area contributed by atoms with Gasteiger partial charge in [0.05, 0.1) is 18.1 Å². The zero-order valence-electron chi connectivity index (χ0n) is 12.4. The second kappa shape index (κ2) is 6.80. The van der Waals surface area contributed by atoms with Crippen LogP contribution in [-0.4, -0.2) is 28.6 Å². The van der Waals surface area contributed by atoms with Gasteiger partial charge < -0.3 is 14.1 Å². The highest BCUT2D eigenvalue weighted by molar-refractivity contribution is 7.99. The zero-order valence-corrected chi connectivity index (χ0v) is 13.2. The van der Waals surface area contributed by atoms with E-state index < -0.39 is 0 Å². The van der Waals surface area contributed by atoms with Crippen LogP contribution in [0.4, 0.5) is 0 Å². The normalized spacial score (nSPS) is 11.0. The number of hydrogen-bond acceptors (Lipinski definition) is 6. The molecule has 2 heterocycles. The number of para-hydroxylation sites is 1. The first kappa shape index (κ1) is 15.5. The fourth-order valence-electron chi connectivity index (χ4n) is 2.10. The molecule has 6 nitrogen and oxygen atoms in total. The van der Waals surface area contributed by atoms with Crippen molar-refractivity contribution in [2.24, 2.45) is 0 Å². The zero-order chi connectivity index (χ0) is 16.2. The summed E-state index contributed by atoms with van der Waals surface area (Å²) in [6.07, 6.45) is 0. The predicted octanol–water partition coefficient (Wildman–Crippen LogP) is 2.64. The number of fused-ring (bicyclic) bond motifs is 1. The lowest BCUT2D eigenvalue weighted by molar-refractivity contribution is 0.0994. The Hall–Kier alpha value is -2.38. The molecule has 23 heavy (non-hydrogen) atoms. The summed E-state index contributed by atoms with van der Waals surface area (Å²) in [5.74, 6) is 0.263. The number of thioether (sulfide) groups is 1. The van der Waals surface area contributed by atoms with Crippen LogP contribution in [0.3, 0.4) is 0 Å². The number of carbonyl (C=O) groups is 1. The lowest BCUT2D eigenvalue weighted by atomic mass is 10.2. The van der Waals surface area contributed by atoms with Crippen LogP contribution in [0.2, 0.25) is 0 Å². The summed E-state index contributed by atoms with van der Waals surface area (Å²) in [5, 5.41) is 1.27. The van der Waals surface area contributed by atoms with Crippen molar-refractivity contribution in [2.75, 3.05) is 12.9 Å². The van der Waals surface area contributed by atoms with E-state index >= 15 is 0 Å². The van der Waals surface area contributed by atoms with Gasteiger partial charge in [0.1, 0.15) is 5.58 Å². The number of aromatic amines is 1. The molecular weight excluding hydrogens is 316 g/mol. The van der Waals surface area contributed by atoms with Crippen molar-refractivity contribution in [3.05, 3.63) is 58.2 Å². The molecule has 0 aliphatic rings. The topological polar surface area (TPSA) is 85.2 Å². The third kappa shape index (κ3) is 3.69. The Kier molecular flexibility index (Phi) is 4.59. The lowest BCUT2D eigenvalue weighted by Gasteiger charge is -2.02. The molecule has 0 fully saturated rings. The number of benzene rings is 1. The summed E-state index contributed by atoms with van der Waals surface area (Å²) < 4.78 is 10.5. The van der Waals surface area contributed by atoms with Gasteiger partial charge in [-0.25, -0.2) is 4.98 Å². The summed E-state index contributed by atoms with van der Waals surface area (Å²) in [4.78, 5) is 30.6. The van der Waals surface area contributed by atoms with Crippen LogP contribution in [0.25, 0.3) is 11.0 Å². The first-order chi connectivity index (χ1) is 11.2. The van der Waals surface area contributed by atoms with Crippen molar-refractivity contribution in [1.29, 1.82) is 0 Å². The molecule has 118 valence electrons. The molecule has 1 N–H and O–H groups in total. The number of ketones is 1. The summed E-state index contributed by atoms with van der Waals surface area (Å²) in [6, 6.07) is 10.5. The van der Waals surface area contributed by atoms with E-state index in [2.05, 4.69) is 9.97 Å². The molecule has 3 rings (SSSR count). The number of aromatic nitrogens is 2. The second-order valence-corrected chi connectivity index (χ2v) is 5.80. The minimum Gasteiger partial charge on any atom is -0.453 e. The number of methoxy groups -OCH3 is 1. The SMILES string of the molecule is COCc1cc(=O)[nH]c(SCC(=O)c2cc3ccccc3o2)n1. The quantitative estimate of drug-likeness (QED) is 0.425. The fraction of sp³-hybridized carbons (Fsp3) is 0.188. The van der Waals surface area contributed by atoms with E-state index in [-0.39, 0.29) is 23.7 Å². The lowest BCUT2D eigenvalue weighted by Crippen LogP contribution is -2.11. The Morgan fingerprint density at radius 3 is 2.96 bits per heavy atom. The molecule has 0 saturated heterocycles. The van der Waals surface area contributed by atoms with Gasteiger partial charge in [-0.1, -0.05) is 30.0 Å². The maximum absolute atomic E-state index is 12.2. The van der Waals surface area contributed by atoms with Crippen LogP contribution in [-0.2, 0) is 11.3 Å². The number of rotatable bonds is 6. The van der Waals surface area contributed by atoms with Crippen LogP contribution < -0.4 is 5.56 Å². The van der Waals surface area contributed by atoms with E-state index in [1.807, 2.05) is 24.3 Å². The van der Waals surface area contributed by atoms with Gasteiger partial charge in [0.15, 0.2) is 10.9 Å². The maximum atomic E-state index is 12.2. The molecule has 0 unspecified atom stereocenters. The summed E-state index contributed by atoms with van der Waals surface area (Å²) >= 11 is 1.16. The van der Waals surface area contributed by atoms with Gasteiger partial charge in [-0.05, 0) is 12.1 Å². The molecule has 0 saturated carbocycles. The first-order valence-corrected chi connectivity index (χ1v) is 7.88. The Morgan fingerprint density at radius 1 is 1.35 bits per heavy atom. The number of furan rings is 1. The molecule has 0 spiro atoms. The number of nitrogens with one attached hydrogen (secondary N) is 1. The van der Waals surface area contributed by atoms with Crippen LogP contribution >= 0.6 is 11.8 Å². The van der Waals surface area contributed by atoms with E-state index in [0.717, 1.165) is 17.1 Å². The molecule has 0 amide bonds. The Balaban J connectivity index is 1.72. The van der Waals surface area contributed by atoms with Crippen molar-refractivity contribution < 1.29 is 13.9 Å². The third-order valence-corrected chi connectivity index (χ3v) is 3.98. The van der Waals surface area contributed by atoms with Gasteiger partial charge in [-0.2, -0.15) is 0 Å². The molecule has 2 aromatic heterocycles. The van der Waals surface area contributed by atoms with E-state index in [9.17, 15) is 9.59 Å². The molecular formula is C16H14N2O4S. The van der Waals surface area contributed by atoms with Crippen LogP contribution in [0.5, 0.6) is 0 Å². The van der Waals surface area contributed by atoms with E-state index in [1.54, 1.807) is 6.07 Å². The number of ether oxygens (including phenoxy) is 1. The van der Waals surface area contributed by atoms with Gasteiger partial charge in [-0.3, -0.25) is 9.59 Å². The van der Waals surface area contributed by atoms with Crippen molar-refractivity contribution in [3.8, 4) is 0 Å². The average molecular weight is 330 g/mol. The molecule has 0 radical (unpaired) electrons. The van der Waals surface area contributed by atoms with E-state index in [1.165, 1.54) is 13.2 Å². The smallest absolute Gasteiger partial charge is 0.251 e. The van der Waals surface area contributed by atoms with Gasteiger partial charge in [0.25, 0.3) is 5.56 Å². The molecule has 7 heteroatoms. The molecule has 0 atom stereocenters. The van der Waals surface area contributed by atoms with Crippen molar-refractivity contribution in [1.82, 2.24) is 9.97 Å². The Labute approximate surface area is 135 Å². The standard InChI is InChI=1S/C16H14N2O4S/c1-21-8-11-7-15(20)18-16(17-11)23-9-12(19)14-6-10-4-2-3-5-13(10)22-14/h2-7H,8-9H2,1H3,(H,17,18,20). The molecule has 3 aromatic rings. The van der Waals surface area contributed by atoms with Gasteiger partial charge in [0.2, 0.25) is 5.78 Å². The molecule has 0 aliphatic carbocycles. The summed E-state index contributed by atoms with van der Waals surface area (Å²) in [5.41, 5.74) is 0.926. The minimum absolute atomic E-state index is 0.124. The van der Waals surface area contributed by atoms with Gasteiger partial charge in [-0.15, -0.1) is 0 Å². The monoisotopic (exact) mass is 330 g/mol. The Bertz CT molecular complexity index is 867. The first-order valence-electron chi connectivity index (χ1n) is 6.89. The summed E-state index contributed by atoms with van der Waals surface area (Å²) in [6.45, 7) is 0.245. The predicted molar refractivity (Wildman–Crippen MR) is 86.8 cm³/mol. The highest BCUT2D eigenvalue weighted by Gasteiger charge is 2.13. The molecule has 1 aromatic carbocycles. The number of H-pyrrole nitrogens is 1. The second-order valence-electron chi connectivity index (χ2n) is 4.84. The van der Waals surface area contributed by atoms with Gasteiger partial charge in [0, 0.05) is 18.6 Å². The number of carbonyl (C=O) groups excluding carboxylic acids is 1. The maximum Gasteiger partial charge on any atom is 0.251 e. The van der Waals surface area contributed by atoms with Crippen molar-refractivity contribution in [3.63, 3.8) is 0 Å².